The largest absolute Gasteiger partial charge is 0.370 e. The number of amides is 1. The van der Waals surface area contributed by atoms with Crippen molar-refractivity contribution in [1.29, 1.82) is 0 Å². The van der Waals surface area contributed by atoms with Crippen LogP contribution in [0.5, 0.6) is 0 Å². The standard InChI is InChI=1S/C7H17N3O3S/c1-5(3-7(9)11)10-14(12,13)6(2)4-8/h5-6,10H,3-4,8H2,1-2H3,(H2,9,11). The lowest BCUT2D eigenvalue weighted by atomic mass is 10.2. The third-order valence-electron chi connectivity index (χ3n) is 1.73. The second-order valence-electron chi connectivity index (χ2n) is 3.28. The molecular formula is C7H17N3O3S. The van der Waals surface area contributed by atoms with Crippen LogP contribution >= 0.6 is 0 Å². The van der Waals surface area contributed by atoms with Crippen molar-refractivity contribution in [3.63, 3.8) is 0 Å². The number of hydrogen-bond acceptors (Lipinski definition) is 4. The van der Waals surface area contributed by atoms with Gasteiger partial charge in [0.15, 0.2) is 0 Å². The number of nitrogens with two attached hydrogens (primary N) is 2. The van der Waals surface area contributed by atoms with E-state index in [2.05, 4.69) is 4.72 Å². The average Bonchev–Trinajstić information content (AvgIpc) is 1.99. The molecule has 0 radical (unpaired) electrons. The van der Waals surface area contributed by atoms with Crippen molar-refractivity contribution in [3.05, 3.63) is 0 Å². The maximum absolute atomic E-state index is 11.4. The summed E-state index contributed by atoms with van der Waals surface area (Å²) in [6, 6.07) is -0.494. The molecule has 0 bridgehead atoms. The summed E-state index contributed by atoms with van der Waals surface area (Å²) in [5.74, 6) is -0.541. The van der Waals surface area contributed by atoms with E-state index in [1.807, 2.05) is 0 Å². The molecule has 0 spiro atoms. The van der Waals surface area contributed by atoms with Crippen LogP contribution in [0.3, 0.4) is 0 Å². The molecule has 0 saturated heterocycles. The minimum absolute atomic E-state index is 0.0173. The molecule has 0 fully saturated rings. The SMILES string of the molecule is CC(CC(N)=O)NS(=O)(=O)C(C)CN. The molecule has 0 aliphatic heterocycles. The van der Waals surface area contributed by atoms with E-state index in [9.17, 15) is 13.2 Å². The normalized spacial score (nSPS) is 16.2. The summed E-state index contributed by atoms with van der Waals surface area (Å²) in [5.41, 5.74) is 10.1. The zero-order valence-corrected chi connectivity index (χ0v) is 9.17. The molecule has 14 heavy (non-hydrogen) atoms. The van der Waals surface area contributed by atoms with Crippen LogP contribution in [0.1, 0.15) is 20.3 Å². The molecule has 7 heteroatoms. The molecule has 6 nitrogen and oxygen atoms in total. The second-order valence-corrected chi connectivity index (χ2v) is 5.41. The monoisotopic (exact) mass is 223 g/mol. The third-order valence-corrected chi connectivity index (χ3v) is 3.72. The maximum atomic E-state index is 11.4. The van der Waals surface area contributed by atoms with Gasteiger partial charge in [-0.3, -0.25) is 4.79 Å². The van der Waals surface area contributed by atoms with Gasteiger partial charge >= 0.3 is 0 Å². The molecule has 84 valence electrons. The van der Waals surface area contributed by atoms with E-state index in [-0.39, 0.29) is 13.0 Å². The van der Waals surface area contributed by atoms with Crippen molar-refractivity contribution in [1.82, 2.24) is 4.72 Å². The number of sulfonamides is 1. The van der Waals surface area contributed by atoms with Gasteiger partial charge in [-0.25, -0.2) is 13.1 Å². The first-order chi connectivity index (χ1) is 6.29. The van der Waals surface area contributed by atoms with Gasteiger partial charge in [-0.1, -0.05) is 0 Å². The van der Waals surface area contributed by atoms with Crippen LogP contribution in [0.15, 0.2) is 0 Å². The van der Waals surface area contributed by atoms with Gasteiger partial charge in [-0.05, 0) is 13.8 Å². The van der Waals surface area contributed by atoms with Crippen LogP contribution < -0.4 is 16.2 Å². The molecule has 5 N–H and O–H groups in total. The molecule has 0 heterocycles. The number of carbonyl (C=O) groups is 1. The van der Waals surface area contributed by atoms with Crippen LogP contribution in [-0.2, 0) is 14.8 Å². The average molecular weight is 223 g/mol. The summed E-state index contributed by atoms with van der Waals surface area (Å²) in [6.45, 7) is 3.11. The summed E-state index contributed by atoms with van der Waals surface area (Å²) < 4.78 is 25.2. The van der Waals surface area contributed by atoms with E-state index in [1.165, 1.54) is 6.92 Å². The van der Waals surface area contributed by atoms with Crippen molar-refractivity contribution in [2.45, 2.75) is 31.6 Å². The Balaban J connectivity index is 4.29. The Kier molecular flexibility index (Phi) is 5.03. The third kappa shape index (κ3) is 4.54. The lowest BCUT2D eigenvalue weighted by molar-refractivity contribution is -0.118. The lowest BCUT2D eigenvalue weighted by Crippen LogP contribution is -2.42. The molecule has 0 aromatic rings. The minimum Gasteiger partial charge on any atom is -0.370 e. The highest BCUT2D eigenvalue weighted by Crippen LogP contribution is 1.99. The van der Waals surface area contributed by atoms with Crippen molar-refractivity contribution >= 4 is 15.9 Å². The highest BCUT2D eigenvalue weighted by Gasteiger charge is 2.21. The molecule has 0 saturated carbocycles. The zero-order valence-electron chi connectivity index (χ0n) is 8.36. The zero-order chi connectivity index (χ0) is 11.4. The Morgan fingerprint density at radius 2 is 1.93 bits per heavy atom. The number of carbonyl (C=O) groups excluding carboxylic acids is 1. The highest BCUT2D eigenvalue weighted by molar-refractivity contribution is 7.90. The van der Waals surface area contributed by atoms with Crippen LogP contribution in [0, 0.1) is 0 Å². The first-order valence-electron chi connectivity index (χ1n) is 4.29. The van der Waals surface area contributed by atoms with E-state index in [1.54, 1.807) is 6.92 Å². The van der Waals surface area contributed by atoms with Gasteiger partial charge in [0, 0.05) is 19.0 Å². The number of nitrogens with one attached hydrogen (secondary N) is 1. The Hall–Kier alpha value is -0.660. The molecule has 0 aliphatic rings. The molecule has 1 amide bonds. The van der Waals surface area contributed by atoms with E-state index in [4.69, 9.17) is 11.5 Å². The highest BCUT2D eigenvalue weighted by atomic mass is 32.2. The summed E-state index contributed by atoms with van der Waals surface area (Å²) in [4.78, 5) is 10.5. The van der Waals surface area contributed by atoms with Gasteiger partial charge in [0.1, 0.15) is 0 Å². The van der Waals surface area contributed by atoms with Crippen LogP contribution in [0.2, 0.25) is 0 Å². The molecule has 0 aromatic carbocycles. The summed E-state index contributed by atoms with van der Waals surface area (Å²) in [5, 5.41) is -0.669. The fraction of sp³-hybridized carbons (Fsp3) is 0.857. The second kappa shape index (κ2) is 5.28. The fourth-order valence-electron chi connectivity index (χ4n) is 0.867. The smallest absolute Gasteiger partial charge is 0.219 e. The van der Waals surface area contributed by atoms with Gasteiger partial charge < -0.3 is 11.5 Å². The van der Waals surface area contributed by atoms with E-state index < -0.39 is 27.2 Å². The topological polar surface area (TPSA) is 115 Å². The van der Waals surface area contributed by atoms with Crippen LogP contribution in [0.25, 0.3) is 0 Å². The van der Waals surface area contributed by atoms with E-state index >= 15 is 0 Å². The first-order valence-corrected chi connectivity index (χ1v) is 5.83. The molecule has 0 aromatic heterocycles. The maximum Gasteiger partial charge on any atom is 0.219 e. The number of hydrogen-bond donors (Lipinski definition) is 3. The Morgan fingerprint density at radius 1 is 1.43 bits per heavy atom. The van der Waals surface area contributed by atoms with Gasteiger partial charge in [0.2, 0.25) is 15.9 Å². The van der Waals surface area contributed by atoms with Crippen molar-refractivity contribution in [3.8, 4) is 0 Å². The summed E-state index contributed by atoms with van der Waals surface area (Å²) in [7, 11) is -3.44. The van der Waals surface area contributed by atoms with Crippen LogP contribution in [0.4, 0.5) is 0 Å². The molecular weight excluding hydrogens is 206 g/mol. The van der Waals surface area contributed by atoms with E-state index in [0.29, 0.717) is 0 Å². The predicted octanol–water partition coefficient (Wildman–Crippen LogP) is -1.48. The quantitative estimate of drug-likeness (QED) is 0.509. The minimum atomic E-state index is -3.44. The molecule has 2 atom stereocenters. The predicted molar refractivity (Wildman–Crippen MR) is 53.8 cm³/mol. The first kappa shape index (κ1) is 13.3. The van der Waals surface area contributed by atoms with Gasteiger partial charge in [-0.15, -0.1) is 0 Å². The Labute approximate surface area is 84.1 Å². The lowest BCUT2D eigenvalue weighted by Gasteiger charge is -2.16. The van der Waals surface area contributed by atoms with Crippen molar-refractivity contribution in [2.75, 3.05) is 6.54 Å². The fourth-order valence-corrected chi connectivity index (χ4v) is 2.00. The number of rotatable bonds is 6. The van der Waals surface area contributed by atoms with Crippen molar-refractivity contribution < 1.29 is 13.2 Å². The summed E-state index contributed by atoms with van der Waals surface area (Å²) >= 11 is 0. The van der Waals surface area contributed by atoms with Crippen molar-refractivity contribution in [2.24, 2.45) is 11.5 Å². The molecule has 0 aliphatic carbocycles. The Bertz CT molecular complexity index is 289. The van der Waals surface area contributed by atoms with Crippen LogP contribution in [-0.4, -0.2) is 32.2 Å². The molecule has 2 unspecified atom stereocenters. The molecule has 0 rings (SSSR count). The van der Waals surface area contributed by atoms with E-state index in [0.717, 1.165) is 0 Å². The van der Waals surface area contributed by atoms with Gasteiger partial charge in [0.05, 0.1) is 5.25 Å². The summed E-state index contributed by atoms with van der Waals surface area (Å²) in [6.07, 6.45) is -0.0173. The Morgan fingerprint density at radius 3 is 2.29 bits per heavy atom. The number of primary amides is 1. The van der Waals surface area contributed by atoms with Gasteiger partial charge in [-0.2, -0.15) is 0 Å². The van der Waals surface area contributed by atoms with Gasteiger partial charge in [0.25, 0.3) is 0 Å².